The molecule has 1 amide bonds. The van der Waals surface area contributed by atoms with Gasteiger partial charge in [0.25, 0.3) is 5.91 Å². The molecule has 2 aliphatic heterocycles. The van der Waals surface area contributed by atoms with Crippen molar-refractivity contribution in [3.8, 4) is 22.1 Å². The highest BCUT2D eigenvalue weighted by Crippen LogP contribution is 2.39. The first-order valence-corrected chi connectivity index (χ1v) is 10.8. The van der Waals surface area contributed by atoms with Crippen molar-refractivity contribution in [2.45, 2.75) is 25.8 Å². The lowest BCUT2D eigenvalue weighted by Crippen LogP contribution is -2.30. The van der Waals surface area contributed by atoms with Crippen molar-refractivity contribution in [3.63, 3.8) is 0 Å². The molecule has 148 valence electrons. The number of aromatic nitrogens is 1. The van der Waals surface area contributed by atoms with E-state index in [2.05, 4.69) is 36.2 Å². The maximum atomic E-state index is 13.2. The Bertz CT molecular complexity index is 1040. The Hall–Kier alpha value is -2.86. The Morgan fingerprint density at radius 1 is 1.10 bits per heavy atom. The van der Waals surface area contributed by atoms with Gasteiger partial charge in [-0.3, -0.25) is 4.79 Å². The summed E-state index contributed by atoms with van der Waals surface area (Å²) in [5.74, 6) is 1.54. The van der Waals surface area contributed by atoms with Crippen molar-refractivity contribution in [2.24, 2.45) is 0 Å². The maximum absolute atomic E-state index is 13.2. The number of ether oxygens (including phenoxy) is 2. The highest BCUT2D eigenvalue weighted by molar-refractivity contribution is 7.13. The van der Waals surface area contributed by atoms with Crippen LogP contribution in [0.5, 0.6) is 11.5 Å². The molecule has 2 aromatic carbocycles. The van der Waals surface area contributed by atoms with Gasteiger partial charge in [-0.25, -0.2) is 4.98 Å². The van der Waals surface area contributed by atoms with Crippen molar-refractivity contribution < 1.29 is 14.3 Å². The molecular weight excluding hydrogens is 384 g/mol. The molecule has 0 unspecified atom stereocenters. The Balaban J connectivity index is 1.39. The molecule has 5 rings (SSSR count). The molecule has 0 N–H and O–H groups in total. The van der Waals surface area contributed by atoms with Crippen LogP contribution in [0, 0.1) is 6.92 Å². The number of hydrogen-bond acceptors (Lipinski definition) is 5. The van der Waals surface area contributed by atoms with Gasteiger partial charge in [-0.05, 0) is 37.5 Å². The molecule has 0 radical (unpaired) electrons. The zero-order chi connectivity index (χ0) is 19.8. The van der Waals surface area contributed by atoms with Crippen molar-refractivity contribution in [2.75, 3.05) is 19.8 Å². The third-order valence-electron chi connectivity index (χ3n) is 5.49. The monoisotopic (exact) mass is 406 g/mol. The number of carbonyl (C=O) groups excluding carboxylic acids is 1. The number of rotatable bonds is 3. The van der Waals surface area contributed by atoms with E-state index in [4.69, 9.17) is 9.47 Å². The zero-order valence-electron chi connectivity index (χ0n) is 16.3. The van der Waals surface area contributed by atoms with Gasteiger partial charge in [0.2, 0.25) is 0 Å². The molecule has 5 nitrogen and oxygen atoms in total. The van der Waals surface area contributed by atoms with Crippen molar-refractivity contribution in [3.05, 3.63) is 64.7 Å². The van der Waals surface area contributed by atoms with Crippen LogP contribution in [0.25, 0.3) is 10.6 Å². The minimum absolute atomic E-state index is 0.00278. The predicted molar refractivity (Wildman–Crippen MR) is 113 cm³/mol. The molecule has 0 spiro atoms. The Morgan fingerprint density at radius 3 is 2.72 bits per heavy atom. The Labute approximate surface area is 173 Å². The van der Waals surface area contributed by atoms with Gasteiger partial charge in [-0.2, -0.15) is 0 Å². The van der Waals surface area contributed by atoms with E-state index in [-0.39, 0.29) is 11.9 Å². The average Bonchev–Trinajstić information content (AvgIpc) is 3.44. The number of fused-ring (bicyclic) bond motifs is 1. The standard InChI is InChI=1S/C23H22N2O3S/c1-15-4-6-16(7-5-15)22-24-18(14-29-22)23(26)25-10-2-3-19(25)17-8-9-20-21(13-17)28-12-11-27-20/h4-9,13-14,19H,2-3,10-12H2,1H3/t19-/m1/s1. The first kappa shape index (κ1) is 18.2. The molecule has 1 atom stereocenters. The maximum Gasteiger partial charge on any atom is 0.273 e. The lowest BCUT2D eigenvalue weighted by Gasteiger charge is -2.26. The van der Waals surface area contributed by atoms with Gasteiger partial charge < -0.3 is 14.4 Å². The second-order valence-corrected chi connectivity index (χ2v) is 8.32. The highest BCUT2D eigenvalue weighted by atomic mass is 32.1. The van der Waals surface area contributed by atoms with E-state index >= 15 is 0 Å². The molecule has 1 saturated heterocycles. The lowest BCUT2D eigenvalue weighted by atomic mass is 10.0. The van der Waals surface area contributed by atoms with E-state index in [0.717, 1.165) is 47.0 Å². The fraction of sp³-hybridized carbons (Fsp3) is 0.304. The van der Waals surface area contributed by atoms with Crippen LogP contribution >= 0.6 is 11.3 Å². The third kappa shape index (κ3) is 3.49. The molecule has 0 bridgehead atoms. The molecule has 1 aromatic heterocycles. The number of hydrogen-bond donors (Lipinski definition) is 0. The summed E-state index contributed by atoms with van der Waals surface area (Å²) in [6.45, 7) is 3.94. The van der Waals surface area contributed by atoms with Crippen LogP contribution in [0.2, 0.25) is 0 Å². The minimum Gasteiger partial charge on any atom is -0.486 e. The molecule has 6 heteroatoms. The topological polar surface area (TPSA) is 51.7 Å². The smallest absolute Gasteiger partial charge is 0.273 e. The fourth-order valence-corrected chi connectivity index (χ4v) is 4.77. The van der Waals surface area contributed by atoms with Crippen LogP contribution in [-0.4, -0.2) is 35.5 Å². The zero-order valence-corrected chi connectivity index (χ0v) is 17.1. The van der Waals surface area contributed by atoms with Crippen molar-refractivity contribution >= 4 is 17.2 Å². The van der Waals surface area contributed by atoms with Gasteiger partial charge in [0.1, 0.15) is 23.9 Å². The summed E-state index contributed by atoms with van der Waals surface area (Å²) in [6, 6.07) is 14.3. The van der Waals surface area contributed by atoms with Crippen LogP contribution in [-0.2, 0) is 0 Å². The van der Waals surface area contributed by atoms with Gasteiger partial charge in [0.15, 0.2) is 11.5 Å². The van der Waals surface area contributed by atoms with Gasteiger partial charge in [-0.15, -0.1) is 11.3 Å². The molecular formula is C23H22N2O3S. The number of carbonyl (C=O) groups is 1. The van der Waals surface area contributed by atoms with Gasteiger partial charge in [0, 0.05) is 17.5 Å². The largest absolute Gasteiger partial charge is 0.486 e. The third-order valence-corrected chi connectivity index (χ3v) is 6.38. The predicted octanol–water partition coefficient (Wildman–Crippen LogP) is 4.87. The molecule has 3 heterocycles. The number of amides is 1. The normalized spacial score (nSPS) is 18.1. The summed E-state index contributed by atoms with van der Waals surface area (Å²) in [6.07, 6.45) is 1.93. The van der Waals surface area contributed by atoms with Crippen LogP contribution in [0.4, 0.5) is 0 Å². The summed E-state index contributed by atoms with van der Waals surface area (Å²) in [5, 5.41) is 2.75. The SMILES string of the molecule is Cc1ccc(-c2nc(C(=O)N3CCC[C@@H]3c3ccc4c(c3)OCCO4)cs2)cc1. The molecule has 2 aliphatic rings. The molecule has 0 aliphatic carbocycles. The van der Waals surface area contributed by atoms with E-state index in [1.54, 1.807) is 0 Å². The molecule has 3 aromatic rings. The molecule has 29 heavy (non-hydrogen) atoms. The molecule has 1 fully saturated rings. The van der Waals surface area contributed by atoms with E-state index in [1.165, 1.54) is 16.9 Å². The van der Waals surface area contributed by atoms with E-state index in [0.29, 0.717) is 18.9 Å². The number of benzene rings is 2. The lowest BCUT2D eigenvalue weighted by molar-refractivity contribution is 0.0730. The summed E-state index contributed by atoms with van der Waals surface area (Å²) in [4.78, 5) is 19.8. The van der Waals surface area contributed by atoms with Gasteiger partial charge in [0.05, 0.1) is 6.04 Å². The van der Waals surface area contributed by atoms with E-state index in [1.807, 2.05) is 28.5 Å². The summed E-state index contributed by atoms with van der Waals surface area (Å²) < 4.78 is 11.3. The Kier molecular flexibility index (Phi) is 4.72. The second kappa shape index (κ2) is 7.52. The average molecular weight is 407 g/mol. The van der Waals surface area contributed by atoms with Crippen LogP contribution in [0.1, 0.15) is 40.5 Å². The van der Waals surface area contributed by atoms with Crippen molar-refractivity contribution in [1.82, 2.24) is 9.88 Å². The first-order valence-electron chi connectivity index (χ1n) is 9.92. The number of thiazole rings is 1. The van der Waals surface area contributed by atoms with Gasteiger partial charge >= 0.3 is 0 Å². The summed E-state index contributed by atoms with van der Waals surface area (Å²) in [5.41, 5.74) is 3.87. The Morgan fingerprint density at radius 2 is 1.90 bits per heavy atom. The highest BCUT2D eigenvalue weighted by Gasteiger charge is 2.32. The van der Waals surface area contributed by atoms with E-state index < -0.39 is 0 Å². The minimum atomic E-state index is -0.00278. The fourth-order valence-electron chi connectivity index (χ4n) is 3.97. The van der Waals surface area contributed by atoms with E-state index in [9.17, 15) is 4.79 Å². The second-order valence-electron chi connectivity index (χ2n) is 7.46. The summed E-state index contributed by atoms with van der Waals surface area (Å²) in [7, 11) is 0. The number of likely N-dealkylation sites (tertiary alicyclic amines) is 1. The number of nitrogens with zero attached hydrogens (tertiary/aromatic N) is 2. The van der Waals surface area contributed by atoms with Crippen LogP contribution < -0.4 is 9.47 Å². The molecule has 0 saturated carbocycles. The quantitative estimate of drug-likeness (QED) is 0.623. The number of aryl methyl sites for hydroxylation is 1. The van der Waals surface area contributed by atoms with Crippen molar-refractivity contribution in [1.29, 1.82) is 0 Å². The van der Waals surface area contributed by atoms with Crippen LogP contribution in [0.3, 0.4) is 0 Å². The first-order chi connectivity index (χ1) is 14.2. The van der Waals surface area contributed by atoms with Crippen LogP contribution in [0.15, 0.2) is 47.8 Å². The summed E-state index contributed by atoms with van der Waals surface area (Å²) >= 11 is 1.52. The van der Waals surface area contributed by atoms with Gasteiger partial charge in [-0.1, -0.05) is 35.9 Å².